The van der Waals surface area contributed by atoms with Crippen molar-refractivity contribution in [1.29, 1.82) is 0 Å². The van der Waals surface area contributed by atoms with Crippen LogP contribution in [-0.2, 0) is 15.7 Å². The van der Waals surface area contributed by atoms with Gasteiger partial charge in [0.2, 0.25) is 0 Å². The van der Waals surface area contributed by atoms with Gasteiger partial charge in [0.25, 0.3) is 5.91 Å². The molecule has 0 bridgehead atoms. The first-order chi connectivity index (χ1) is 12.8. The van der Waals surface area contributed by atoms with Crippen molar-refractivity contribution in [3.63, 3.8) is 0 Å². The predicted octanol–water partition coefficient (Wildman–Crippen LogP) is 3.05. The van der Waals surface area contributed by atoms with Crippen molar-refractivity contribution >= 4 is 23.8 Å². The molecule has 9 heteroatoms. The van der Waals surface area contributed by atoms with Crippen molar-refractivity contribution in [1.82, 2.24) is 5.43 Å². The molecule has 0 atom stereocenters. The van der Waals surface area contributed by atoms with Crippen LogP contribution in [0.15, 0.2) is 53.6 Å². The van der Waals surface area contributed by atoms with Gasteiger partial charge in [-0.2, -0.15) is 18.3 Å². The van der Waals surface area contributed by atoms with Crippen LogP contribution in [0.25, 0.3) is 0 Å². The summed E-state index contributed by atoms with van der Waals surface area (Å²) < 4.78 is 42.5. The number of carbonyl (C=O) groups excluding carboxylic acids is 2. The Morgan fingerprint density at radius 1 is 1.15 bits per heavy atom. The predicted molar refractivity (Wildman–Crippen MR) is 93.5 cm³/mol. The maximum Gasteiger partial charge on any atom is 0.416 e. The third-order valence-corrected chi connectivity index (χ3v) is 3.38. The van der Waals surface area contributed by atoms with E-state index in [0.717, 1.165) is 12.1 Å². The van der Waals surface area contributed by atoms with Gasteiger partial charge >= 0.3 is 12.1 Å². The van der Waals surface area contributed by atoms with Crippen LogP contribution < -0.4 is 10.7 Å². The van der Waals surface area contributed by atoms with Crippen LogP contribution in [0.2, 0.25) is 0 Å². The van der Waals surface area contributed by atoms with Gasteiger partial charge in [0.1, 0.15) is 0 Å². The number of methoxy groups -OCH3 is 1. The van der Waals surface area contributed by atoms with Crippen molar-refractivity contribution in [2.75, 3.05) is 19.0 Å². The van der Waals surface area contributed by atoms with E-state index in [9.17, 15) is 22.8 Å². The van der Waals surface area contributed by atoms with Gasteiger partial charge in [-0.25, -0.2) is 10.2 Å². The van der Waals surface area contributed by atoms with Gasteiger partial charge in [-0.15, -0.1) is 0 Å². The fourth-order valence-corrected chi connectivity index (χ4v) is 2.03. The second-order valence-corrected chi connectivity index (χ2v) is 5.34. The van der Waals surface area contributed by atoms with Crippen LogP contribution in [0.4, 0.5) is 18.9 Å². The zero-order valence-corrected chi connectivity index (χ0v) is 14.2. The van der Waals surface area contributed by atoms with Crippen LogP contribution in [0, 0.1) is 0 Å². The van der Waals surface area contributed by atoms with E-state index >= 15 is 0 Å². The van der Waals surface area contributed by atoms with E-state index in [1.807, 2.05) is 0 Å². The highest BCUT2D eigenvalue weighted by atomic mass is 19.4. The fourth-order valence-electron chi connectivity index (χ4n) is 2.03. The third kappa shape index (κ3) is 6.14. The topological polar surface area (TPSA) is 79.8 Å². The molecule has 0 spiro atoms. The maximum absolute atomic E-state index is 12.6. The number of rotatable bonds is 6. The number of esters is 1. The number of ether oxygens (including phenoxy) is 1. The summed E-state index contributed by atoms with van der Waals surface area (Å²) in [5.74, 6) is -0.998. The molecule has 0 unspecified atom stereocenters. The molecule has 27 heavy (non-hydrogen) atoms. The molecule has 2 aromatic rings. The lowest BCUT2D eigenvalue weighted by molar-refractivity contribution is -0.137. The van der Waals surface area contributed by atoms with E-state index < -0.39 is 23.6 Å². The number of carbonyl (C=O) groups is 2. The standard InChI is InChI=1S/C18H16F3N3O3/c1-27-17(26)13-7-5-12(6-8-13)10-23-24-16(25)11-22-15-4-2-3-14(9-15)18(19,20)21/h2-10,22H,11H2,1H3,(H,24,25)/b23-10-. The fraction of sp³-hybridized carbons (Fsp3) is 0.167. The minimum Gasteiger partial charge on any atom is -0.465 e. The molecule has 0 saturated carbocycles. The minimum atomic E-state index is -4.45. The number of nitrogens with one attached hydrogen (secondary N) is 2. The Labute approximate surface area is 153 Å². The monoisotopic (exact) mass is 379 g/mol. The highest BCUT2D eigenvalue weighted by Gasteiger charge is 2.30. The molecule has 142 valence electrons. The molecule has 2 rings (SSSR count). The lowest BCUT2D eigenvalue weighted by Crippen LogP contribution is -2.26. The number of hydrogen-bond acceptors (Lipinski definition) is 5. The van der Waals surface area contributed by atoms with Gasteiger partial charge in [-0.3, -0.25) is 4.79 Å². The smallest absolute Gasteiger partial charge is 0.416 e. The number of hydrazone groups is 1. The summed E-state index contributed by atoms with van der Waals surface area (Å²) in [4.78, 5) is 23.0. The molecule has 6 nitrogen and oxygen atoms in total. The van der Waals surface area contributed by atoms with Crippen molar-refractivity contribution in [3.05, 3.63) is 65.2 Å². The van der Waals surface area contributed by atoms with Crippen LogP contribution in [0.5, 0.6) is 0 Å². The summed E-state index contributed by atoms with van der Waals surface area (Å²) in [6, 6.07) is 10.9. The van der Waals surface area contributed by atoms with Crippen LogP contribution in [-0.4, -0.2) is 31.7 Å². The Bertz CT molecular complexity index is 834. The summed E-state index contributed by atoms with van der Waals surface area (Å²) in [5, 5.41) is 6.34. The van der Waals surface area contributed by atoms with Crippen molar-refractivity contribution in [3.8, 4) is 0 Å². The van der Waals surface area contributed by atoms with Gasteiger partial charge in [-0.1, -0.05) is 18.2 Å². The summed E-state index contributed by atoms with van der Waals surface area (Å²) in [5.41, 5.74) is 2.63. The quantitative estimate of drug-likeness (QED) is 0.459. The highest BCUT2D eigenvalue weighted by molar-refractivity contribution is 5.91. The van der Waals surface area contributed by atoms with Gasteiger partial charge in [-0.05, 0) is 35.9 Å². The SMILES string of the molecule is COC(=O)c1ccc(/C=N\NC(=O)CNc2cccc(C(F)(F)F)c2)cc1. The highest BCUT2D eigenvalue weighted by Crippen LogP contribution is 2.30. The molecule has 2 aromatic carbocycles. The summed E-state index contributed by atoms with van der Waals surface area (Å²) >= 11 is 0. The van der Waals surface area contributed by atoms with E-state index in [-0.39, 0.29) is 12.2 Å². The summed E-state index contributed by atoms with van der Waals surface area (Å²) in [6.45, 7) is -0.250. The zero-order valence-electron chi connectivity index (χ0n) is 14.2. The Kier molecular flexibility index (Phi) is 6.53. The Morgan fingerprint density at radius 2 is 1.85 bits per heavy atom. The van der Waals surface area contributed by atoms with Gasteiger partial charge in [0.15, 0.2) is 0 Å². The third-order valence-electron chi connectivity index (χ3n) is 3.38. The molecule has 0 heterocycles. The van der Waals surface area contributed by atoms with Crippen LogP contribution in [0.1, 0.15) is 21.5 Å². The minimum absolute atomic E-state index is 0.169. The van der Waals surface area contributed by atoms with Gasteiger partial charge in [0.05, 0.1) is 31.0 Å². The molecular formula is C18H16F3N3O3. The first kappa shape index (κ1) is 20.0. The number of halogens is 3. The van der Waals surface area contributed by atoms with Crippen LogP contribution >= 0.6 is 0 Å². The zero-order chi connectivity index (χ0) is 19.9. The second-order valence-electron chi connectivity index (χ2n) is 5.34. The van der Waals surface area contributed by atoms with Gasteiger partial charge < -0.3 is 10.1 Å². The van der Waals surface area contributed by atoms with Crippen molar-refractivity contribution in [2.24, 2.45) is 5.10 Å². The first-order valence-corrected chi connectivity index (χ1v) is 7.71. The van der Waals surface area contributed by atoms with E-state index in [2.05, 4.69) is 20.6 Å². The number of nitrogens with zero attached hydrogens (tertiary/aromatic N) is 1. The average molecular weight is 379 g/mol. The number of alkyl halides is 3. The molecule has 0 aliphatic rings. The molecule has 0 fully saturated rings. The van der Waals surface area contributed by atoms with Crippen LogP contribution in [0.3, 0.4) is 0 Å². The van der Waals surface area contributed by atoms with E-state index in [0.29, 0.717) is 11.1 Å². The summed E-state index contributed by atoms with van der Waals surface area (Å²) in [7, 11) is 1.28. The lowest BCUT2D eigenvalue weighted by Gasteiger charge is -2.10. The number of benzene rings is 2. The Morgan fingerprint density at radius 3 is 2.48 bits per heavy atom. The van der Waals surface area contributed by atoms with E-state index in [1.54, 1.807) is 24.3 Å². The second kappa shape index (κ2) is 8.84. The molecule has 0 aliphatic heterocycles. The molecule has 0 aromatic heterocycles. The summed E-state index contributed by atoms with van der Waals surface area (Å²) in [6.07, 6.45) is -3.09. The lowest BCUT2D eigenvalue weighted by atomic mass is 10.1. The molecule has 0 aliphatic carbocycles. The van der Waals surface area contributed by atoms with Crippen molar-refractivity contribution in [2.45, 2.75) is 6.18 Å². The molecule has 0 radical (unpaired) electrons. The normalized spacial score (nSPS) is 11.3. The first-order valence-electron chi connectivity index (χ1n) is 7.71. The van der Waals surface area contributed by atoms with E-state index in [1.165, 1.54) is 25.5 Å². The number of anilines is 1. The van der Waals surface area contributed by atoms with E-state index in [4.69, 9.17) is 0 Å². The maximum atomic E-state index is 12.6. The number of amides is 1. The molecule has 2 N–H and O–H groups in total. The largest absolute Gasteiger partial charge is 0.465 e. The Balaban J connectivity index is 1.84. The molecule has 0 saturated heterocycles. The number of hydrogen-bond donors (Lipinski definition) is 2. The average Bonchev–Trinajstić information content (AvgIpc) is 2.66. The molecule has 1 amide bonds. The Hall–Kier alpha value is -3.36. The van der Waals surface area contributed by atoms with Crippen molar-refractivity contribution < 1.29 is 27.5 Å². The van der Waals surface area contributed by atoms with Gasteiger partial charge in [0, 0.05) is 5.69 Å². The molecular weight excluding hydrogens is 363 g/mol.